The average molecular weight is 259 g/mol. The normalized spacial score (nSPS) is 12.7. The number of rotatable bonds is 4. The van der Waals surface area contributed by atoms with Gasteiger partial charge in [-0.15, -0.1) is 0 Å². The van der Waals surface area contributed by atoms with E-state index in [0.717, 1.165) is 12.8 Å². The first-order valence-corrected chi connectivity index (χ1v) is 7.51. The molecule has 0 saturated carbocycles. The predicted molar refractivity (Wildman–Crippen MR) is 80.3 cm³/mol. The molecule has 1 heterocycles. The van der Waals surface area contributed by atoms with E-state index in [2.05, 4.69) is 49.7 Å². The Hall–Kier alpha value is -1.12. The van der Waals surface area contributed by atoms with Crippen molar-refractivity contribution in [3.05, 3.63) is 56.8 Å². The van der Waals surface area contributed by atoms with Crippen LogP contribution in [0.2, 0.25) is 0 Å². The van der Waals surface area contributed by atoms with Crippen molar-refractivity contribution >= 4 is 11.3 Å². The molecule has 1 aromatic heterocycles. The van der Waals surface area contributed by atoms with Crippen molar-refractivity contribution < 1.29 is 0 Å². The van der Waals surface area contributed by atoms with Gasteiger partial charge in [-0.05, 0) is 58.3 Å². The minimum absolute atomic E-state index is 0.0118. The van der Waals surface area contributed by atoms with Gasteiger partial charge in [0.05, 0.1) is 6.04 Å². The van der Waals surface area contributed by atoms with Gasteiger partial charge in [0.25, 0.3) is 0 Å². The summed E-state index contributed by atoms with van der Waals surface area (Å²) in [6.07, 6.45) is 2.10. The third-order valence-electron chi connectivity index (χ3n) is 3.56. The lowest BCUT2D eigenvalue weighted by Gasteiger charge is -2.17. The molecule has 0 aliphatic rings. The van der Waals surface area contributed by atoms with Gasteiger partial charge in [-0.1, -0.05) is 32.0 Å². The lowest BCUT2D eigenvalue weighted by atomic mass is 9.92. The van der Waals surface area contributed by atoms with E-state index >= 15 is 0 Å². The Morgan fingerprint density at radius 1 is 1.11 bits per heavy atom. The van der Waals surface area contributed by atoms with Crippen molar-refractivity contribution in [2.75, 3.05) is 0 Å². The summed E-state index contributed by atoms with van der Waals surface area (Å²) in [4.78, 5) is 0. The molecule has 2 aromatic rings. The van der Waals surface area contributed by atoms with E-state index in [1.165, 1.54) is 27.8 Å². The first-order valence-electron chi connectivity index (χ1n) is 6.57. The summed E-state index contributed by atoms with van der Waals surface area (Å²) < 4.78 is 0. The molecular formula is C16H21NS. The van der Waals surface area contributed by atoms with Crippen molar-refractivity contribution in [3.8, 4) is 0 Å². The Kier molecular flexibility index (Phi) is 4.20. The molecular weight excluding hydrogens is 238 g/mol. The van der Waals surface area contributed by atoms with Crippen molar-refractivity contribution in [2.45, 2.75) is 39.7 Å². The number of nitrogens with two attached hydrogens (primary N) is 1. The van der Waals surface area contributed by atoms with Crippen molar-refractivity contribution in [2.24, 2.45) is 5.73 Å². The van der Waals surface area contributed by atoms with Crippen LogP contribution in [0.15, 0.2) is 29.0 Å². The number of thiophene rings is 1. The van der Waals surface area contributed by atoms with Gasteiger partial charge in [0, 0.05) is 0 Å². The van der Waals surface area contributed by atoms with E-state index < -0.39 is 0 Å². The van der Waals surface area contributed by atoms with E-state index in [9.17, 15) is 0 Å². The molecule has 0 fully saturated rings. The second kappa shape index (κ2) is 5.68. The van der Waals surface area contributed by atoms with E-state index in [4.69, 9.17) is 5.73 Å². The second-order valence-corrected chi connectivity index (χ2v) is 5.47. The zero-order chi connectivity index (χ0) is 13.1. The lowest BCUT2D eigenvalue weighted by molar-refractivity contribution is 0.842. The van der Waals surface area contributed by atoms with E-state index in [-0.39, 0.29) is 6.04 Å². The summed E-state index contributed by atoms with van der Waals surface area (Å²) in [5.74, 6) is 0. The van der Waals surface area contributed by atoms with Gasteiger partial charge in [-0.3, -0.25) is 0 Å². The molecule has 2 rings (SSSR count). The Bertz CT molecular complexity index is 528. The maximum Gasteiger partial charge on any atom is 0.0565 e. The number of aryl methyl sites for hydroxylation is 3. The lowest BCUT2D eigenvalue weighted by Crippen LogP contribution is -2.14. The molecule has 1 nitrogen and oxygen atoms in total. The summed E-state index contributed by atoms with van der Waals surface area (Å²) in [6, 6.07) is 6.74. The van der Waals surface area contributed by atoms with Crippen LogP contribution in [-0.4, -0.2) is 0 Å². The van der Waals surface area contributed by atoms with E-state index in [1.54, 1.807) is 11.3 Å². The van der Waals surface area contributed by atoms with Gasteiger partial charge in [-0.2, -0.15) is 11.3 Å². The van der Waals surface area contributed by atoms with Gasteiger partial charge in [-0.25, -0.2) is 0 Å². The number of hydrogen-bond acceptors (Lipinski definition) is 2. The molecule has 0 aliphatic carbocycles. The SMILES string of the molecule is CCc1ccc(CC)c(C(N)c2cscc2C)c1. The fourth-order valence-electron chi connectivity index (χ4n) is 2.33. The van der Waals surface area contributed by atoms with Crippen LogP contribution in [0.1, 0.15) is 47.7 Å². The highest BCUT2D eigenvalue weighted by Crippen LogP contribution is 2.28. The van der Waals surface area contributed by atoms with Gasteiger partial charge >= 0.3 is 0 Å². The Morgan fingerprint density at radius 2 is 1.89 bits per heavy atom. The third kappa shape index (κ3) is 2.50. The minimum Gasteiger partial charge on any atom is -0.320 e. The second-order valence-electron chi connectivity index (χ2n) is 4.73. The monoisotopic (exact) mass is 259 g/mol. The van der Waals surface area contributed by atoms with Crippen LogP contribution >= 0.6 is 11.3 Å². The maximum atomic E-state index is 6.47. The largest absolute Gasteiger partial charge is 0.320 e. The molecule has 1 unspecified atom stereocenters. The molecule has 1 atom stereocenters. The summed E-state index contributed by atoms with van der Waals surface area (Å²) >= 11 is 1.73. The highest BCUT2D eigenvalue weighted by Gasteiger charge is 2.15. The molecule has 0 bridgehead atoms. The third-order valence-corrected chi connectivity index (χ3v) is 4.44. The van der Waals surface area contributed by atoms with Gasteiger partial charge in [0.1, 0.15) is 0 Å². The molecule has 0 spiro atoms. The van der Waals surface area contributed by atoms with Gasteiger partial charge in [0.15, 0.2) is 0 Å². The zero-order valence-electron chi connectivity index (χ0n) is 11.4. The zero-order valence-corrected chi connectivity index (χ0v) is 12.2. The number of benzene rings is 1. The fraction of sp³-hybridized carbons (Fsp3) is 0.375. The highest BCUT2D eigenvalue weighted by atomic mass is 32.1. The average Bonchev–Trinajstić information content (AvgIpc) is 2.83. The minimum atomic E-state index is 0.0118. The first kappa shape index (κ1) is 13.3. The molecule has 0 aliphatic heterocycles. The molecule has 0 saturated heterocycles. The highest BCUT2D eigenvalue weighted by molar-refractivity contribution is 7.08. The van der Waals surface area contributed by atoms with Crippen molar-refractivity contribution in [3.63, 3.8) is 0 Å². The van der Waals surface area contributed by atoms with Crippen LogP contribution in [0.3, 0.4) is 0 Å². The van der Waals surface area contributed by atoms with Crippen LogP contribution in [0.4, 0.5) is 0 Å². The summed E-state index contributed by atoms with van der Waals surface area (Å²) in [6.45, 7) is 6.52. The molecule has 2 N–H and O–H groups in total. The standard InChI is InChI=1S/C16H21NS/c1-4-12-6-7-13(5-2)14(8-12)16(17)15-10-18-9-11(15)3/h6-10,16H,4-5,17H2,1-3H3. The molecule has 2 heteroatoms. The van der Waals surface area contributed by atoms with Crippen molar-refractivity contribution in [1.82, 2.24) is 0 Å². The van der Waals surface area contributed by atoms with Crippen molar-refractivity contribution in [1.29, 1.82) is 0 Å². The van der Waals surface area contributed by atoms with Crippen LogP contribution in [-0.2, 0) is 12.8 Å². The molecule has 0 radical (unpaired) electrons. The quantitative estimate of drug-likeness (QED) is 0.873. The van der Waals surface area contributed by atoms with Crippen LogP contribution in [0.25, 0.3) is 0 Å². The van der Waals surface area contributed by atoms with E-state index in [0.29, 0.717) is 0 Å². The van der Waals surface area contributed by atoms with Crippen LogP contribution in [0.5, 0.6) is 0 Å². The Labute approximate surface area is 114 Å². The van der Waals surface area contributed by atoms with E-state index in [1.807, 2.05) is 0 Å². The molecule has 96 valence electrons. The predicted octanol–water partition coefficient (Wildman–Crippen LogP) is 4.23. The molecule has 1 aromatic carbocycles. The molecule has 18 heavy (non-hydrogen) atoms. The maximum absolute atomic E-state index is 6.47. The topological polar surface area (TPSA) is 26.0 Å². The van der Waals surface area contributed by atoms with Gasteiger partial charge in [0.2, 0.25) is 0 Å². The summed E-state index contributed by atoms with van der Waals surface area (Å²) in [5.41, 5.74) is 13.1. The Morgan fingerprint density at radius 3 is 2.44 bits per heavy atom. The molecule has 0 amide bonds. The summed E-state index contributed by atoms with van der Waals surface area (Å²) in [7, 11) is 0. The fourth-order valence-corrected chi connectivity index (χ4v) is 3.22. The van der Waals surface area contributed by atoms with Crippen LogP contribution in [0, 0.1) is 6.92 Å². The Balaban J connectivity index is 2.45. The summed E-state index contributed by atoms with van der Waals surface area (Å²) in [5, 5.41) is 4.35. The smallest absolute Gasteiger partial charge is 0.0565 e. The van der Waals surface area contributed by atoms with Gasteiger partial charge < -0.3 is 5.73 Å². The number of hydrogen-bond donors (Lipinski definition) is 1. The first-order chi connectivity index (χ1) is 8.67. The van der Waals surface area contributed by atoms with Crippen LogP contribution < -0.4 is 5.73 Å².